The van der Waals surface area contributed by atoms with Gasteiger partial charge in [0.15, 0.2) is 0 Å². The molecular weight excluding hydrogens is 255 g/mol. The van der Waals surface area contributed by atoms with Crippen molar-refractivity contribution >= 4 is 15.7 Å². The average Bonchev–Trinajstić information content (AvgIpc) is 2.28. The highest BCUT2D eigenvalue weighted by Crippen LogP contribution is 2.20. The normalized spacial score (nSPS) is 11.8. The van der Waals surface area contributed by atoms with Crippen LogP contribution in [0.3, 0.4) is 0 Å². The van der Waals surface area contributed by atoms with Crippen molar-refractivity contribution in [2.45, 2.75) is 18.7 Å². The van der Waals surface area contributed by atoms with E-state index in [1.54, 1.807) is 13.8 Å². The summed E-state index contributed by atoms with van der Waals surface area (Å²) in [6, 6.07) is 3.39. The summed E-state index contributed by atoms with van der Waals surface area (Å²) in [5, 5.41) is 0. The Balaban J connectivity index is 3.18. The molecule has 6 heteroatoms. The highest BCUT2D eigenvalue weighted by atomic mass is 32.2. The zero-order valence-electron chi connectivity index (χ0n) is 10.5. The first-order valence-corrected chi connectivity index (χ1v) is 6.92. The van der Waals surface area contributed by atoms with Gasteiger partial charge in [0.1, 0.15) is 5.82 Å². The Bertz CT molecular complexity index is 555. The number of hydrogen-bond acceptors (Lipinski definition) is 3. The second-order valence-electron chi connectivity index (χ2n) is 4.07. The van der Waals surface area contributed by atoms with Gasteiger partial charge in [-0.05, 0) is 25.1 Å². The molecule has 0 fully saturated rings. The summed E-state index contributed by atoms with van der Waals surface area (Å²) in [7, 11) is -3.66. The predicted octanol–water partition coefficient (Wildman–Crippen LogP) is 1.99. The summed E-state index contributed by atoms with van der Waals surface area (Å²) in [4.78, 5) is -0.00972. The van der Waals surface area contributed by atoms with E-state index in [0.717, 1.165) is 17.7 Å². The largest absolute Gasteiger partial charge is 0.396 e. The summed E-state index contributed by atoms with van der Waals surface area (Å²) in [6.45, 7) is 7.71. The Labute approximate surface area is 107 Å². The van der Waals surface area contributed by atoms with Crippen molar-refractivity contribution in [3.05, 3.63) is 36.2 Å². The third-order valence-corrected chi connectivity index (χ3v) is 4.32. The Morgan fingerprint density at radius 3 is 2.56 bits per heavy atom. The van der Waals surface area contributed by atoms with Crippen molar-refractivity contribution in [2.75, 3.05) is 18.8 Å². The van der Waals surface area contributed by atoms with E-state index in [9.17, 15) is 12.8 Å². The molecule has 0 aliphatic heterocycles. The molecule has 0 saturated carbocycles. The molecule has 0 bridgehead atoms. The number of anilines is 1. The minimum absolute atomic E-state index is 0.00972. The van der Waals surface area contributed by atoms with Gasteiger partial charge < -0.3 is 5.73 Å². The van der Waals surface area contributed by atoms with Gasteiger partial charge in [-0.2, -0.15) is 4.31 Å². The Hall–Kier alpha value is -1.40. The number of sulfonamides is 1. The van der Waals surface area contributed by atoms with Crippen LogP contribution in [-0.2, 0) is 10.0 Å². The number of hydrogen-bond donors (Lipinski definition) is 1. The third kappa shape index (κ3) is 3.08. The zero-order chi connectivity index (χ0) is 13.9. The maximum absolute atomic E-state index is 13.0. The highest BCUT2D eigenvalue weighted by molar-refractivity contribution is 7.89. The number of nitrogens with zero attached hydrogens (tertiary/aromatic N) is 1. The van der Waals surface area contributed by atoms with Crippen molar-refractivity contribution in [3.63, 3.8) is 0 Å². The van der Waals surface area contributed by atoms with Gasteiger partial charge in [-0.25, -0.2) is 12.8 Å². The fourth-order valence-electron chi connectivity index (χ4n) is 1.50. The lowest BCUT2D eigenvalue weighted by Crippen LogP contribution is -2.32. The van der Waals surface area contributed by atoms with Gasteiger partial charge in [0, 0.05) is 13.1 Å². The topological polar surface area (TPSA) is 63.4 Å². The van der Waals surface area contributed by atoms with Crippen LogP contribution >= 0.6 is 0 Å². The second-order valence-corrected chi connectivity index (χ2v) is 6.01. The lowest BCUT2D eigenvalue weighted by molar-refractivity contribution is 0.453. The van der Waals surface area contributed by atoms with E-state index in [-0.39, 0.29) is 17.1 Å². The highest BCUT2D eigenvalue weighted by Gasteiger charge is 2.23. The first kappa shape index (κ1) is 14.7. The number of likely N-dealkylation sites (N-methyl/N-ethyl adjacent to an activating group) is 1. The fourth-order valence-corrected chi connectivity index (χ4v) is 3.04. The van der Waals surface area contributed by atoms with E-state index in [0.29, 0.717) is 6.54 Å². The van der Waals surface area contributed by atoms with Crippen LogP contribution in [0, 0.1) is 5.82 Å². The number of nitrogens with two attached hydrogens (primary N) is 1. The lowest BCUT2D eigenvalue weighted by Gasteiger charge is -2.20. The summed E-state index contributed by atoms with van der Waals surface area (Å²) in [6.07, 6.45) is 0. The van der Waals surface area contributed by atoms with Crippen molar-refractivity contribution < 1.29 is 12.8 Å². The van der Waals surface area contributed by atoms with Crippen LogP contribution < -0.4 is 5.73 Å². The monoisotopic (exact) mass is 272 g/mol. The zero-order valence-corrected chi connectivity index (χ0v) is 11.3. The number of rotatable bonds is 5. The summed E-state index contributed by atoms with van der Waals surface area (Å²) >= 11 is 0. The maximum atomic E-state index is 13.0. The van der Waals surface area contributed by atoms with Gasteiger partial charge in [0.2, 0.25) is 10.0 Å². The van der Waals surface area contributed by atoms with E-state index >= 15 is 0 Å². The quantitative estimate of drug-likeness (QED) is 0.658. The summed E-state index contributed by atoms with van der Waals surface area (Å²) < 4.78 is 38.8. The van der Waals surface area contributed by atoms with Crippen LogP contribution in [0.15, 0.2) is 35.2 Å². The van der Waals surface area contributed by atoms with Gasteiger partial charge in [0.05, 0.1) is 10.6 Å². The second kappa shape index (κ2) is 5.49. The number of halogens is 1. The Morgan fingerprint density at radius 1 is 1.50 bits per heavy atom. The Kier molecular flexibility index (Phi) is 4.48. The molecule has 1 aromatic rings. The SMILES string of the molecule is C=C(C)CN(CC)S(=O)(=O)c1ccc(F)c(N)c1. The van der Waals surface area contributed by atoms with Crippen molar-refractivity contribution in [2.24, 2.45) is 0 Å². The smallest absolute Gasteiger partial charge is 0.243 e. The molecule has 1 aromatic carbocycles. The molecule has 0 saturated heterocycles. The molecule has 0 aliphatic rings. The molecule has 0 atom stereocenters. The van der Waals surface area contributed by atoms with Crippen LogP contribution in [0.1, 0.15) is 13.8 Å². The Morgan fingerprint density at radius 2 is 2.11 bits per heavy atom. The molecule has 0 unspecified atom stereocenters. The molecule has 0 aliphatic carbocycles. The molecular formula is C12H17FN2O2S. The van der Waals surface area contributed by atoms with E-state index < -0.39 is 15.8 Å². The molecule has 0 heterocycles. The van der Waals surface area contributed by atoms with Crippen molar-refractivity contribution in [1.82, 2.24) is 4.31 Å². The first-order valence-electron chi connectivity index (χ1n) is 5.48. The average molecular weight is 272 g/mol. The van der Waals surface area contributed by atoms with E-state index in [4.69, 9.17) is 5.73 Å². The van der Waals surface area contributed by atoms with Crippen LogP contribution in [0.5, 0.6) is 0 Å². The molecule has 0 amide bonds. The van der Waals surface area contributed by atoms with Crippen LogP contribution in [0.25, 0.3) is 0 Å². The van der Waals surface area contributed by atoms with Gasteiger partial charge >= 0.3 is 0 Å². The lowest BCUT2D eigenvalue weighted by atomic mass is 10.3. The van der Waals surface area contributed by atoms with Gasteiger partial charge in [-0.3, -0.25) is 0 Å². The minimum Gasteiger partial charge on any atom is -0.396 e. The fraction of sp³-hybridized carbons (Fsp3) is 0.333. The molecule has 0 aromatic heterocycles. The van der Waals surface area contributed by atoms with Crippen LogP contribution in [0.4, 0.5) is 10.1 Å². The van der Waals surface area contributed by atoms with E-state index in [1.807, 2.05) is 0 Å². The number of benzene rings is 1. The molecule has 2 N–H and O–H groups in total. The summed E-state index contributed by atoms with van der Waals surface area (Å²) in [5.41, 5.74) is 5.94. The molecule has 0 radical (unpaired) electrons. The van der Waals surface area contributed by atoms with Crippen LogP contribution in [-0.4, -0.2) is 25.8 Å². The van der Waals surface area contributed by atoms with Gasteiger partial charge in [-0.15, -0.1) is 0 Å². The molecule has 0 spiro atoms. The molecule has 1 rings (SSSR count). The predicted molar refractivity (Wildman–Crippen MR) is 70.1 cm³/mol. The third-order valence-electron chi connectivity index (χ3n) is 2.40. The van der Waals surface area contributed by atoms with E-state index in [2.05, 4.69) is 6.58 Å². The summed E-state index contributed by atoms with van der Waals surface area (Å²) in [5.74, 6) is -0.628. The van der Waals surface area contributed by atoms with Crippen LogP contribution in [0.2, 0.25) is 0 Å². The molecule has 18 heavy (non-hydrogen) atoms. The van der Waals surface area contributed by atoms with Crippen molar-refractivity contribution in [3.8, 4) is 0 Å². The molecule has 4 nitrogen and oxygen atoms in total. The minimum atomic E-state index is -3.66. The molecule has 100 valence electrons. The maximum Gasteiger partial charge on any atom is 0.243 e. The van der Waals surface area contributed by atoms with Crippen molar-refractivity contribution in [1.29, 1.82) is 0 Å². The first-order chi connectivity index (χ1) is 8.28. The van der Waals surface area contributed by atoms with E-state index in [1.165, 1.54) is 10.4 Å². The number of nitrogen functional groups attached to an aromatic ring is 1. The van der Waals surface area contributed by atoms with Gasteiger partial charge in [0.25, 0.3) is 0 Å². The van der Waals surface area contributed by atoms with Gasteiger partial charge in [-0.1, -0.05) is 19.1 Å². The standard InChI is InChI=1S/C12H17FN2O2S/c1-4-15(8-9(2)3)18(16,17)10-5-6-11(13)12(14)7-10/h5-7H,2,4,8,14H2,1,3H3.